The van der Waals surface area contributed by atoms with Gasteiger partial charge in [-0.3, -0.25) is 19.6 Å². The van der Waals surface area contributed by atoms with E-state index in [2.05, 4.69) is 10.6 Å². The maximum atomic E-state index is 13.8. The van der Waals surface area contributed by atoms with Crippen LogP contribution in [0.1, 0.15) is 59.9 Å². The van der Waals surface area contributed by atoms with Gasteiger partial charge in [0.25, 0.3) is 5.91 Å². The number of carbonyl (C=O) groups is 3. The Hall–Kier alpha value is -2.97. The molecule has 3 amide bonds. The molecule has 4 N–H and O–H groups in total. The van der Waals surface area contributed by atoms with Crippen molar-refractivity contribution in [3.8, 4) is 0 Å². The molecule has 3 atom stereocenters. The van der Waals surface area contributed by atoms with Gasteiger partial charge in [-0.15, -0.1) is 0 Å². The summed E-state index contributed by atoms with van der Waals surface area (Å²) in [6, 6.07) is 13.1. The number of hydrogen-bond acceptors (Lipinski definition) is 5. The minimum atomic E-state index is -1.28. The molecule has 8 heteroatoms. The lowest BCUT2D eigenvalue weighted by atomic mass is 9.84. The van der Waals surface area contributed by atoms with E-state index in [-0.39, 0.29) is 18.4 Å². The molecule has 0 aromatic heterocycles. The fourth-order valence-electron chi connectivity index (χ4n) is 4.16. The average molecular weight is 498 g/mol. The predicted octanol–water partition coefficient (Wildman–Crippen LogP) is 3.50. The van der Waals surface area contributed by atoms with Gasteiger partial charge < -0.3 is 15.4 Å². The number of fused-ring (bicyclic) bond motifs is 1. The first-order valence-corrected chi connectivity index (χ1v) is 12.5. The molecular weight excluding hydrogens is 458 g/mol. The zero-order chi connectivity index (χ0) is 26.7. The highest BCUT2D eigenvalue weighted by atomic mass is 16.5. The lowest BCUT2D eigenvalue weighted by molar-refractivity contribution is -0.162. The van der Waals surface area contributed by atoms with Crippen LogP contribution in [0.3, 0.4) is 0 Å². The number of carbonyl (C=O) groups excluding carboxylic acids is 3. The van der Waals surface area contributed by atoms with Crippen molar-refractivity contribution in [3.05, 3.63) is 48.0 Å². The fraction of sp³-hybridized carbons (Fsp3) is 0.536. The molecule has 1 fully saturated rings. The maximum Gasteiger partial charge on any atom is 0.273 e. The fourth-order valence-corrected chi connectivity index (χ4v) is 4.16. The number of nitrogens with one attached hydrogen (secondary N) is 3. The van der Waals surface area contributed by atoms with Gasteiger partial charge in [-0.2, -0.15) is 0 Å². The Morgan fingerprint density at radius 2 is 1.58 bits per heavy atom. The molecule has 0 unspecified atom stereocenters. The highest BCUT2D eigenvalue weighted by Crippen LogP contribution is 2.27. The molecule has 0 spiro atoms. The second-order valence-corrected chi connectivity index (χ2v) is 11.7. The summed E-state index contributed by atoms with van der Waals surface area (Å²) in [7, 11) is 0. The molecule has 2 aromatic rings. The summed E-state index contributed by atoms with van der Waals surface area (Å²) >= 11 is 0. The first-order chi connectivity index (χ1) is 16.8. The van der Waals surface area contributed by atoms with Gasteiger partial charge in [0.1, 0.15) is 6.04 Å². The Bertz CT molecular complexity index is 1100. The monoisotopic (exact) mass is 497 g/mol. The van der Waals surface area contributed by atoms with Crippen molar-refractivity contribution in [2.45, 2.75) is 84.6 Å². The number of ether oxygens (including phenoxy) is 1. The smallest absolute Gasteiger partial charge is 0.273 e. The SMILES string of the molecule is CC(C)(C)O[C@H](C(=O)NO)[C@@H](Cc1ccc2ccccc2c1)C(=O)N[C@H](C(=O)NC1CC1)C(C)(C)C. The lowest BCUT2D eigenvalue weighted by Crippen LogP contribution is -2.58. The summed E-state index contributed by atoms with van der Waals surface area (Å²) in [6.07, 6.45) is 0.749. The number of rotatable bonds is 9. The summed E-state index contributed by atoms with van der Waals surface area (Å²) in [6.45, 7) is 11.0. The molecule has 36 heavy (non-hydrogen) atoms. The van der Waals surface area contributed by atoms with Crippen LogP contribution in [0.25, 0.3) is 10.8 Å². The normalized spacial score (nSPS) is 16.6. The van der Waals surface area contributed by atoms with E-state index in [1.54, 1.807) is 26.3 Å². The number of benzene rings is 2. The zero-order valence-electron chi connectivity index (χ0n) is 22.1. The molecule has 0 saturated heterocycles. The Kier molecular flexibility index (Phi) is 8.41. The van der Waals surface area contributed by atoms with Crippen molar-refractivity contribution in [1.82, 2.24) is 16.1 Å². The minimum Gasteiger partial charge on any atom is -0.362 e. The highest BCUT2D eigenvalue weighted by molar-refractivity contribution is 5.93. The van der Waals surface area contributed by atoms with Gasteiger partial charge in [0.05, 0.1) is 11.5 Å². The van der Waals surface area contributed by atoms with Crippen molar-refractivity contribution >= 4 is 28.5 Å². The maximum absolute atomic E-state index is 13.8. The molecule has 0 heterocycles. The van der Waals surface area contributed by atoms with Crippen LogP contribution in [0.5, 0.6) is 0 Å². The van der Waals surface area contributed by atoms with Gasteiger partial charge in [-0.25, -0.2) is 5.48 Å². The third kappa shape index (κ3) is 7.51. The van der Waals surface area contributed by atoms with E-state index in [4.69, 9.17) is 4.74 Å². The topological polar surface area (TPSA) is 117 Å². The number of hydroxylamine groups is 1. The molecule has 1 aliphatic rings. The van der Waals surface area contributed by atoms with Gasteiger partial charge in [-0.05, 0) is 61.8 Å². The van der Waals surface area contributed by atoms with Crippen LogP contribution < -0.4 is 16.1 Å². The molecule has 8 nitrogen and oxygen atoms in total. The van der Waals surface area contributed by atoms with E-state index in [0.29, 0.717) is 0 Å². The Labute approximate surface area is 213 Å². The van der Waals surface area contributed by atoms with Crippen LogP contribution in [0.2, 0.25) is 0 Å². The van der Waals surface area contributed by atoms with Crippen LogP contribution in [0.4, 0.5) is 0 Å². The first kappa shape index (κ1) is 27.6. The van der Waals surface area contributed by atoms with Crippen LogP contribution >= 0.6 is 0 Å². The molecule has 3 rings (SSSR count). The van der Waals surface area contributed by atoms with Crippen molar-refractivity contribution < 1.29 is 24.3 Å². The Morgan fingerprint density at radius 1 is 0.944 bits per heavy atom. The van der Waals surface area contributed by atoms with E-state index in [1.807, 2.05) is 63.2 Å². The standard InChI is InChI=1S/C28H39N3O5/c1-27(2,3)23(26(34)29-20-13-14-20)30-24(32)21(22(25(33)31-35)36-28(4,5)6)16-17-11-12-18-9-7-8-10-19(18)15-17/h7-12,15,20-23,35H,13-14,16H2,1-6H3,(H,29,34)(H,30,32)(H,31,33)/t21-,22+,23-/m1/s1. The summed E-state index contributed by atoms with van der Waals surface area (Å²) < 4.78 is 6.00. The van der Waals surface area contributed by atoms with Gasteiger partial charge in [0.2, 0.25) is 11.8 Å². The Balaban J connectivity index is 1.96. The molecule has 0 radical (unpaired) electrons. The minimum absolute atomic E-state index is 0.143. The van der Waals surface area contributed by atoms with Crippen molar-refractivity contribution in [2.75, 3.05) is 0 Å². The molecule has 2 aromatic carbocycles. The lowest BCUT2D eigenvalue weighted by Gasteiger charge is -2.35. The predicted molar refractivity (Wildman–Crippen MR) is 138 cm³/mol. The molecular formula is C28H39N3O5. The van der Waals surface area contributed by atoms with E-state index in [0.717, 1.165) is 29.2 Å². The van der Waals surface area contributed by atoms with E-state index in [1.165, 1.54) is 0 Å². The number of hydrogen-bond donors (Lipinski definition) is 4. The molecule has 1 saturated carbocycles. The van der Waals surface area contributed by atoms with Gasteiger partial charge >= 0.3 is 0 Å². The van der Waals surface area contributed by atoms with Crippen LogP contribution in [-0.4, -0.2) is 46.7 Å². The number of amides is 3. The van der Waals surface area contributed by atoms with Crippen LogP contribution in [-0.2, 0) is 25.5 Å². The summed E-state index contributed by atoms with van der Waals surface area (Å²) in [5.74, 6) is -2.56. The molecule has 0 aliphatic heterocycles. The molecule has 0 bridgehead atoms. The van der Waals surface area contributed by atoms with Gasteiger partial charge in [0.15, 0.2) is 6.10 Å². The largest absolute Gasteiger partial charge is 0.362 e. The highest BCUT2D eigenvalue weighted by Gasteiger charge is 2.41. The third-order valence-electron chi connectivity index (χ3n) is 6.16. The van der Waals surface area contributed by atoms with Gasteiger partial charge in [-0.1, -0.05) is 63.2 Å². The second-order valence-electron chi connectivity index (χ2n) is 11.7. The van der Waals surface area contributed by atoms with Crippen LogP contribution in [0.15, 0.2) is 42.5 Å². The quantitative estimate of drug-likeness (QED) is 0.313. The van der Waals surface area contributed by atoms with E-state index >= 15 is 0 Å². The summed E-state index contributed by atoms with van der Waals surface area (Å²) in [5, 5.41) is 17.4. The van der Waals surface area contributed by atoms with Crippen molar-refractivity contribution in [1.29, 1.82) is 0 Å². The van der Waals surface area contributed by atoms with E-state index < -0.39 is 40.9 Å². The summed E-state index contributed by atoms with van der Waals surface area (Å²) in [5.41, 5.74) is 1.15. The van der Waals surface area contributed by atoms with Gasteiger partial charge in [0, 0.05) is 6.04 Å². The van der Waals surface area contributed by atoms with Crippen LogP contribution in [0, 0.1) is 11.3 Å². The molecule has 1 aliphatic carbocycles. The molecule has 196 valence electrons. The van der Waals surface area contributed by atoms with Crippen molar-refractivity contribution in [3.63, 3.8) is 0 Å². The Morgan fingerprint density at radius 3 is 2.14 bits per heavy atom. The zero-order valence-corrected chi connectivity index (χ0v) is 22.1. The van der Waals surface area contributed by atoms with E-state index in [9.17, 15) is 19.6 Å². The first-order valence-electron chi connectivity index (χ1n) is 12.5. The third-order valence-corrected chi connectivity index (χ3v) is 6.16. The second kappa shape index (κ2) is 11.0. The van der Waals surface area contributed by atoms with Crippen molar-refractivity contribution in [2.24, 2.45) is 11.3 Å². The average Bonchev–Trinajstić information content (AvgIpc) is 3.61. The summed E-state index contributed by atoms with van der Waals surface area (Å²) in [4.78, 5) is 39.6.